The van der Waals surface area contributed by atoms with Gasteiger partial charge in [0.25, 0.3) is 0 Å². The second kappa shape index (κ2) is 7.81. The van der Waals surface area contributed by atoms with Gasteiger partial charge in [-0.25, -0.2) is 8.78 Å². The third-order valence-corrected chi connectivity index (χ3v) is 5.59. The molecule has 1 saturated heterocycles. The van der Waals surface area contributed by atoms with Crippen molar-refractivity contribution in [1.29, 1.82) is 0 Å². The Morgan fingerprint density at radius 3 is 2.45 bits per heavy atom. The number of piperazine rings is 1. The van der Waals surface area contributed by atoms with Gasteiger partial charge in [0.1, 0.15) is 11.6 Å². The maximum atomic E-state index is 13.7. The van der Waals surface area contributed by atoms with Gasteiger partial charge < -0.3 is 15.1 Å². The van der Waals surface area contributed by atoms with Crippen LogP contribution in [0.4, 0.5) is 20.2 Å². The molecule has 2 aromatic carbocycles. The lowest BCUT2D eigenvalue weighted by atomic mass is 10.2. The maximum Gasteiger partial charge on any atom is 0.228 e. The molecule has 152 valence electrons. The van der Waals surface area contributed by atoms with E-state index in [1.54, 1.807) is 0 Å². The number of hydrogen-bond donors (Lipinski definition) is 1. The van der Waals surface area contributed by atoms with Gasteiger partial charge in [0, 0.05) is 37.9 Å². The molecule has 4 rings (SSSR count). The Hall–Kier alpha value is -2.96. The molecule has 0 spiro atoms. The third kappa shape index (κ3) is 4.23. The summed E-state index contributed by atoms with van der Waals surface area (Å²) in [5, 5.41) is 2.46. The summed E-state index contributed by atoms with van der Waals surface area (Å²) in [5.41, 5.74) is 2.29. The molecule has 1 N–H and O–H groups in total. The van der Waals surface area contributed by atoms with Gasteiger partial charge in [0.05, 0.1) is 17.5 Å². The number of benzene rings is 2. The van der Waals surface area contributed by atoms with Crippen LogP contribution >= 0.6 is 0 Å². The predicted octanol–water partition coefficient (Wildman–Crippen LogP) is 3.20. The van der Waals surface area contributed by atoms with E-state index in [4.69, 9.17) is 0 Å². The molecule has 1 aliphatic carbocycles. The normalized spacial score (nSPS) is 21.1. The molecule has 0 radical (unpaired) electrons. The SMILES string of the molecule is Cc1cccc(N2CCN(C(=O)C3CC3C(=O)Nc3ccc(F)cc3F)CC2)c1. The summed E-state index contributed by atoms with van der Waals surface area (Å²) in [6, 6.07) is 11.3. The highest BCUT2D eigenvalue weighted by atomic mass is 19.1. The van der Waals surface area contributed by atoms with Crippen LogP contribution in [0.15, 0.2) is 42.5 Å². The van der Waals surface area contributed by atoms with Gasteiger partial charge in [-0.1, -0.05) is 12.1 Å². The van der Waals surface area contributed by atoms with E-state index >= 15 is 0 Å². The monoisotopic (exact) mass is 399 g/mol. The summed E-state index contributed by atoms with van der Waals surface area (Å²) in [5.74, 6) is -2.76. The Bertz CT molecular complexity index is 941. The smallest absolute Gasteiger partial charge is 0.228 e. The second-order valence-electron chi connectivity index (χ2n) is 7.71. The molecule has 5 nitrogen and oxygen atoms in total. The Balaban J connectivity index is 1.29. The first-order chi connectivity index (χ1) is 13.9. The van der Waals surface area contributed by atoms with Crippen LogP contribution in [0.3, 0.4) is 0 Å². The Morgan fingerprint density at radius 1 is 1.00 bits per heavy atom. The second-order valence-corrected chi connectivity index (χ2v) is 7.71. The zero-order chi connectivity index (χ0) is 20.5. The highest BCUT2D eigenvalue weighted by Crippen LogP contribution is 2.41. The van der Waals surface area contributed by atoms with Crippen molar-refractivity contribution in [2.75, 3.05) is 36.4 Å². The summed E-state index contributed by atoms with van der Waals surface area (Å²) in [6.07, 6.45) is 0.464. The summed E-state index contributed by atoms with van der Waals surface area (Å²) >= 11 is 0. The van der Waals surface area contributed by atoms with E-state index in [0.29, 0.717) is 19.5 Å². The largest absolute Gasteiger partial charge is 0.368 e. The number of hydrogen-bond acceptors (Lipinski definition) is 3. The van der Waals surface area contributed by atoms with Crippen LogP contribution < -0.4 is 10.2 Å². The number of nitrogens with one attached hydrogen (secondary N) is 1. The van der Waals surface area contributed by atoms with E-state index in [1.807, 2.05) is 11.0 Å². The number of halogens is 2. The number of rotatable bonds is 4. The van der Waals surface area contributed by atoms with Crippen LogP contribution in [0.25, 0.3) is 0 Å². The van der Waals surface area contributed by atoms with E-state index < -0.39 is 23.5 Å². The molecular formula is C22H23F2N3O2. The molecule has 1 saturated carbocycles. The fraction of sp³-hybridized carbons (Fsp3) is 0.364. The van der Waals surface area contributed by atoms with Crippen LogP contribution in [-0.2, 0) is 9.59 Å². The quantitative estimate of drug-likeness (QED) is 0.859. The molecule has 1 heterocycles. The van der Waals surface area contributed by atoms with Crippen molar-refractivity contribution in [3.63, 3.8) is 0 Å². The molecule has 29 heavy (non-hydrogen) atoms. The van der Waals surface area contributed by atoms with Crippen LogP contribution in [-0.4, -0.2) is 42.9 Å². The molecule has 2 aliphatic rings. The molecule has 2 unspecified atom stereocenters. The lowest BCUT2D eigenvalue weighted by Crippen LogP contribution is -2.49. The van der Waals surface area contributed by atoms with Gasteiger partial charge in [-0.3, -0.25) is 9.59 Å². The number of amides is 2. The van der Waals surface area contributed by atoms with Crippen LogP contribution in [0, 0.1) is 30.4 Å². The number of carbonyl (C=O) groups excluding carboxylic acids is 2. The first-order valence-corrected chi connectivity index (χ1v) is 9.78. The fourth-order valence-electron chi connectivity index (χ4n) is 3.82. The van der Waals surface area contributed by atoms with Crippen molar-refractivity contribution in [3.8, 4) is 0 Å². The van der Waals surface area contributed by atoms with Crippen LogP contribution in [0.2, 0.25) is 0 Å². The van der Waals surface area contributed by atoms with E-state index in [0.717, 1.165) is 30.9 Å². The lowest BCUT2D eigenvalue weighted by Gasteiger charge is -2.36. The highest BCUT2D eigenvalue weighted by Gasteiger charge is 2.49. The van der Waals surface area contributed by atoms with E-state index in [9.17, 15) is 18.4 Å². The number of carbonyl (C=O) groups is 2. The van der Waals surface area contributed by atoms with E-state index in [2.05, 4.69) is 35.3 Å². The first-order valence-electron chi connectivity index (χ1n) is 9.78. The topological polar surface area (TPSA) is 52.7 Å². The van der Waals surface area contributed by atoms with E-state index in [1.165, 1.54) is 11.6 Å². The molecule has 2 aromatic rings. The van der Waals surface area contributed by atoms with Crippen LogP contribution in [0.1, 0.15) is 12.0 Å². The molecule has 0 bridgehead atoms. The Kier molecular flexibility index (Phi) is 5.22. The first kappa shape index (κ1) is 19.4. The summed E-state index contributed by atoms with van der Waals surface area (Å²) in [7, 11) is 0. The third-order valence-electron chi connectivity index (χ3n) is 5.59. The maximum absolute atomic E-state index is 13.7. The molecule has 7 heteroatoms. The van der Waals surface area contributed by atoms with Crippen molar-refractivity contribution in [2.45, 2.75) is 13.3 Å². The lowest BCUT2D eigenvalue weighted by molar-refractivity contribution is -0.134. The molecule has 2 fully saturated rings. The fourth-order valence-corrected chi connectivity index (χ4v) is 3.82. The molecule has 2 amide bonds. The Labute approximate surface area is 168 Å². The minimum Gasteiger partial charge on any atom is -0.368 e. The van der Waals surface area contributed by atoms with Crippen molar-refractivity contribution < 1.29 is 18.4 Å². The average molecular weight is 399 g/mol. The minimum absolute atomic E-state index is 0.0198. The van der Waals surface area contributed by atoms with Gasteiger partial charge in [-0.2, -0.15) is 0 Å². The van der Waals surface area contributed by atoms with Crippen molar-refractivity contribution >= 4 is 23.2 Å². The summed E-state index contributed by atoms with van der Waals surface area (Å²) in [6.45, 7) is 4.78. The number of aryl methyl sites for hydroxylation is 1. The van der Waals surface area contributed by atoms with Gasteiger partial charge in [-0.05, 0) is 43.2 Å². The highest BCUT2D eigenvalue weighted by molar-refractivity contribution is 5.99. The van der Waals surface area contributed by atoms with Crippen LogP contribution in [0.5, 0.6) is 0 Å². The number of anilines is 2. The van der Waals surface area contributed by atoms with Gasteiger partial charge in [-0.15, -0.1) is 0 Å². The number of nitrogens with zero attached hydrogens (tertiary/aromatic N) is 2. The Morgan fingerprint density at radius 2 is 1.76 bits per heavy atom. The van der Waals surface area contributed by atoms with Crippen molar-refractivity contribution in [3.05, 3.63) is 59.7 Å². The molecular weight excluding hydrogens is 376 g/mol. The van der Waals surface area contributed by atoms with Gasteiger partial charge in [0.2, 0.25) is 11.8 Å². The standard InChI is InChI=1S/C22H23F2N3O2/c1-14-3-2-4-16(11-14)26-7-9-27(10-8-26)22(29)18-13-17(18)21(28)25-20-6-5-15(23)12-19(20)24/h2-6,11-12,17-18H,7-10,13H2,1H3,(H,25,28). The van der Waals surface area contributed by atoms with Gasteiger partial charge in [0.15, 0.2) is 0 Å². The zero-order valence-electron chi connectivity index (χ0n) is 16.2. The minimum atomic E-state index is -0.825. The van der Waals surface area contributed by atoms with Crippen molar-refractivity contribution in [2.24, 2.45) is 11.8 Å². The summed E-state index contributed by atoms with van der Waals surface area (Å²) in [4.78, 5) is 29.1. The predicted molar refractivity (Wildman–Crippen MR) is 107 cm³/mol. The van der Waals surface area contributed by atoms with Crippen molar-refractivity contribution in [1.82, 2.24) is 4.90 Å². The summed E-state index contributed by atoms with van der Waals surface area (Å²) < 4.78 is 26.7. The van der Waals surface area contributed by atoms with E-state index in [-0.39, 0.29) is 17.5 Å². The molecule has 1 aliphatic heterocycles. The molecule has 0 aromatic heterocycles. The average Bonchev–Trinajstić information content (AvgIpc) is 3.51. The van der Waals surface area contributed by atoms with Gasteiger partial charge >= 0.3 is 0 Å². The molecule has 2 atom stereocenters. The zero-order valence-corrected chi connectivity index (χ0v) is 16.2.